The molecule has 0 aliphatic heterocycles. The van der Waals surface area contributed by atoms with Gasteiger partial charge in [0.15, 0.2) is 0 Å². The molecule has 0 atom stereocenters. The third kappa shape index (κ3) is 48.1. The molecule has 0 saturated heterocycles. The van der Waals surface area contributed by atoms with E-state index in [4.69, 9.17) is 14.7 Å². The Labute approximate surface area is 140 Å². The van der Waals surface area contributed by atoms with Gasteiger partial charge in [0.2, 0.25) is 0 Å². The summed E-state index contributed by atoms with van der Waals surface area (Å²) in [5, 5.41) is 0. The second kappa shape index (κ2) is 22.5. The van der Waals surface area contributed by atoms with Gasteiger partial charge in [0, 0.05) is 0 Å². The standard InChI is InChI=1S/4Na.O3P.H/c;;;;1-4(2)3;/q4*+1;-3;-1. The van der Waals surface area contributed by atoms with E-state index in [0.717, 1.165) is 0 Å². The van der Waals surface area contributed by atoms with Gasteiger partial charge in [-0.15, -0.1) is 0 Å². The molecule has 0 radical (unpaired) electrons. The smallest absolute Gasteiger partial charge is 1.00 e. The summed E-state index contributed by atoms with van der Waals surface area (Å²) in [6.07, 6.45) is 0. The average molecular weight is 172 g/mol. The molecule has 0 saturated carbocycles. The maximum absolute atomic E-state index is 8.48. The molecular weight excluding hydrogens is 171 g/mol. The molecule has 0 aliphatic carbocycles. The minimum absolute atomic E-state index is 0. The first kappa shape index (κ1) is 29.5. The number of rotatable bonds is 0. The van der Waals surface area contributed by atoms with Crippen LogP contribution in [0.4, 0.5) is 0 Å². The van der Waals surface area contributed by atoms with Gasteiger partial charge in [0.25, 0.3) is 0 Å². The molecule has 0 aromatic carbocycles. The molecule has 0 N–H and O–H groups in total. The molecule has 0 heterocycles. The molecule has 8 heavy (non-hydrogen) atoms. The molecule has 0 rings (SSSR count). The Balaban J connectivity index is -0.00000000450. The molecular formula is HNa4O3P. The van der Waals surface area contributed by atoms with E-state index in [2.05, 4.69) is 0 Å². The second-order valence-electron chi connectivity index (χ2n) is 0.224. The molecule has 0 fully saturated rings. The molecule has 0 aromatic heterocycles. The van der Waals surface area contributed by atoms with Gasteiger partial charge < -0.3 is 24.7 Å². The zero-order valence-electron chi connectivity index (χ0n) is 6.67. The Kier molecular flexibility index (Phi) is 82.9. The molecule has 3 nitrogen and oxygen atoms in total. The van der Waals surface area contributed by atoms with Gasteiger partial charge in [-0.25, -0.2) is 0 Å². The Morgan fingerprint density at radius 2 is 0.750 bits per heavy atom. The van der Waals surface area contributed by atoms with Gasteiger partial charge in [-0.05, 0) is 0 Å². The van der Waals surface area contributed by atoms with Crippen molar-refractivity contribution in [3.05, 3.63) is 0 Å². The summed E-state index contributed by atoms with van der Waals surface area (Å²) in [6.45, 7) is 0. The van der Waals surface area contributed by atoms with Crippen molar-refractivity contribution >= 4 is 8.60 Å². The van der Waals surface area contributed by atoms with Crippen LogP contribution in [0.15, 0.2) is 0 Å². The number of hydrogen-bond donors (Lipinski definition) is 0. The number of hydrogen-bond acceptors (Lipinski definition) is 3. The van der Waals surface area contributed by atoms with E-state index < -0.39 is 8.60 Å². The van der Waals surface area contributed by atoms with Crippen molar-refractivity contribution < 1.29 is 134 Å². The van der Waals surface area contributed by atoms with Crippen LogP contribution in [0.1, 0.15) is 1.43 Å². The normalized spacial score (nSPS) is 4.50. The van der Waals surface area contributed by atoms with Crippen molar-refractivity contribution in [2.75, 3.05) is 0 Å². The zero-order valence-corrected chi connectivity index (χ0v) is 14.6. The van der Waals surface area contributed by atoms with Crippen molar-refractivity contribution in [1.82, 2.24) is 0 Å². The predicted octanol–water partition coefficient (Wildman–Crippen LogP) is -14.6. The topological polar surface area (TPSA) is 69.2 Å². The van der Waals surface area contributed by atoms with Gasteiger partial charge >= 0.3 is 118 Å². The molecule has 0 aromatic rings. The Bertz CT molecular complexity index is 20.5. The summed E-state index contributed by atoms with van der Waals surface area (Å²) in [5.74, 6) is 0. The van der Waals surface area contributed by atoms with Gasteiger partial charge in [0.1, 0.15) is 0 Å². The summed E-state index contributed by atoms with van der Waals surface area (Å²) in [5.41, 5.74) is 0. The van der Waals surface area contributed by atoms with Crippen LogP contribution in [0.2, 0.25) is 0 Å². The SMILES string of the molecule is [H-].[Na+].[Na+].[Na+].[Na+].[O-]P([O-])[O-]. The zero-order chi connectivity index (χ0) is 3.58. The largest absolute Gasteiger partial charge is 1.00 e. The summed E-state index contributed by atoms with van der Waals surface area (Å²) < 4.78 is 0. The van der Waals surface area contributed by atoms with E-state index in [-0.39, 0.29) is 120 Å². The fourth-order valence-electron chi connectivity index (χ4n) is 0. The molecule has 28 valence electrons. The molecule has 0 aliphatic rings. The summed E-state index contributed by atoms with van der Waals surface area (Å²) in [6, 6.07) is 0. The van der Waals surface area contributed by atoms with Crippen LogP contribution >= 0.6 is 8.60 Å². The van der Waals surface area contributed by atoms with Crippen molar-refractivity contribution in [3.63, 3.8) is 0 Å². The van der Waals surface area contributed by atoms with Crippen LogP contribution in [0.25, 0.3) is 0 Å². The monoisotopic (exact) mass is 172 g/mol. The van der Waals surface area contributed by atoms with E-state index in [1.54, 1.807) is 0 Å². The van der Waals surface area contributed by atoms with Crippen molar-refractivity contribution in [2.24, 2.45) is 0 Å². The van der Waals surface area contributed by atoms with Crippen LogP contribution in [-0.4, -0.2) is 0 Å². The first-order chi connectivity index (χ1) is 1.73. The molecule has 0 amide bonds. The first-order valence-electron chi connectivity index (χ1n) is 0.548. The van der Waals surface area contributed by atoms with E-state index in [9.17, 15) is 0 Å². The van der Waals surface area contributed by atoms with Gasteiger partial charge in [-0.3, -0.25) is 0 Å². The van der Waals surface area contributed by atoms with Gasteiger partial charge in [-0.2, -0.15) is 0 Å². The second-order valence-corrected chi connectivity index (χ2v) is 0.671. The average Bonchev–Trinajstić information content (AvgIpc) is 0.811. The maximum atomic E-state index is 8.48. The first-order valence-corrected chi connectivity index (χ1v) is 1.64. The molecule has 0 bridgehead atoms. The fourth-order valence-corrected chi connectivity index (χ4v) is 0. The van der Waals surface area contributed by atoms with Gasteiger partial charge in [0.05, 0.1) is 0 Å². The van der Waals surface area contributed by atoms with Crippen molar-refractivity contribution in [1.29, 1.82) is 0 Å². The minimum atomic E-state index is -3.37. The molecule has 0 spiro atoms. The maximum Gasteiger partial charge on any atom is 1.00 e. The summed E-state index contributed by atoms with van der Waals surface area (Å²) in [4.78, 5) is 25.4. The van der Waals surface area contributed by atoms with Crippen LogP contribution in [0.3, 0.4) is 0 Å². The van der Waals surface area contributed by atoms with E-state index >= 15 is 0 Å². The Morgan fingerprint density at radius 3 is 0.750 bits per heavy atom. The predicted molar refractivity (Wildman–Crippen MR) is 8.03 cm³/mol. The molecule has 8 heteroatoms. The fraction of sp³-hybridized carbons (Fsp3) is 0. The summed E-state index contributed by atoms with van der Waals surface area (Å²) >= 11 is 0. The quantitative estimate of drug-likeness (QED) is 0.269. The van der Waals surface area contributed by atoms with E-state index in [1.165, 1.54) is 0 Å². The molecule has 0 unspecified atom stereocenters. The minimum Gasteiger partial charge on any atom is -1.00 e. The van der Waals surface area contributed by atoms with Crippen LogP contribution in [0.5, 0.6) is 0 Å². The Morgan fingerprint density at radius 1 is 0.750 bits per heavy atom. The van der Waals surface area contributed by atoms with Crippen molar-refractivity contribution in [3.8, 4) is 0 Å². The Hall–Kier alpha value is 4.31. The van der Waals surface area contributed by atoms with Crippen LogP contribution in [-0.2, 0) is 0 Å². The van der Waals surface area contributed by atoms with E-state index in [0.29, 0.717) is 0 Å². The summed E-state index contributed by atoms with van der Waals surface area (Å²) in [7, 11) is -3.37. The van der Waals surface area contributed by atoms with Gasteiger partial charge in [-0.1, -0.05) is 0 Å². The van der Waals surface area contributed by atoms with Crippen molar-refractivity contribution in [2.45, 2.75) is 0 Å². The van der Waals surface area contributed by atoms with Crippen LogP contribution < -0.4 is 133 Å². The third-order valence-electron chi connectivity index (χ3n) is 0. The van der Waals surface area contributed by atoms with E-state index in [1.807, 2.05) is 0 Å². The van der Waals surface area contributed by atoms with Crippen LogP contribution in [0, 0.1) is 0 Å². The third-order valence-corrected chi connectivity index (χ3v) is 0.